The van der Waals surface area contributed by atoms with Crippen LogP contribution in [0.25, 0.3) is 253 Å². The van der Waals surface area contributed by atoms with Gasteiger partial charge < -0.3 is 27.4 Å². The number of hydrogen-bond donors (Lipinski definition) is 0. The van der Waals surface area contributed by atoms with E-state index in [4.69, 9.17) is 0 Å². The van der Waals surface area contributed by atoms with Gasteiger partial charge in [-0.05, 0) is 253 Å². The summed E-state index contributed by atoms with van der Waals surface area (Å²) in [5.74, 6) is 0. The zero-order valence-corrected chi connectivity index (χ0v) is 76.5. The number of fused-ring (bicyclic) bond motifs is 20. The van der Waals surface area contributed by atoms with Crippen molar-refractivity contribution in [3.8, 4) is 101 Å². The Morgan fingerprint density at radius 2 is 0.336 bits per heavy atom. The molecule has 29 aromatic rings. The first kappa shape index (κ1) is 81.0. The van der Waals surface area contributed by atoms with Crippen LogP contribution < -0.4 is 0 Å². The van der Waals surface area contributed by atoms with Gasteiger partial charge in [0.1, 0.15) is 0 Å². The summed E-state index contributed by atoms with van der Waals surface area (Å²) in [6.45, 7) is 0. The maximum atomic E-state index is 2.45. The van der Waals surface area contributed by atoms with Crippen LogP contribution in [0.15, 0.2) is 534 Å². The zero-order chi connectivity index (χ0) is 92.2. The van der Waals surface area contributed by atoms with E-state index in [0.29, 0.717) is 0 Å². The summed E-state index contributed by atoms with van der Waals surface area (Å²) in [5, 5.41) is 20.1. The van der Waals surface area contributed by atoms with E-state index >= 15 is 0 Å². The van der Waals surface area contributed by atoms with Crippen molar-refractivity contribution in [3.63, 3.8) is 0 Å². The second kappa shape index (κ2) is 33.8. The molecular weight excluding hydrogens is 1690 g/mol. The van der Waals surface area contributed by atoms with Gasteiger partial charge in [-0.3, -0.25) is 0 Å². The first-order valence-corrected chi connectivity index (χ1v) is 48.2. The van der Waals surface area contributed by atoms with Gasteiger partial charge >= 0.3 is 0 Å². The van der Waals surface area contributed by atoms with E-state index in [0.717, 1.165) is 5.69 Å². The topological polar surface area (TPSA) is 29.6 Å². The lowest BCUT2D eigenvalue weighted by atomic mass is 9.97. The number of hydrogen-bond acceptors (Lipinski definition) is 0. The molecule has 654 valence electrons. The fourth-order valence-corrected chi connectivity index (χ4v) is 22.4. The Kier molecular flexibility index (Phi) is 19.5. The first-order chi connectivity index (χ1) is 69.5. The molecule has 0 spiro atoms. The Labute approximate surface area is 808 Å². The van der Waals surface area contributed by atoms with Crippen molar-refractivity contribution < 1.29 is 0 Å². The molecule has 0 radical (unpaired) electrons. The summed E-state index contributed by atoms with van der Waals surface area (Å²) in [6.07, 6.45) is 0. The standard InChI is InChI=1S/C48H32N2.C46H30N2.C40H26N2/c1-4-14-33(15-5-1)37-28-38(34-16-6-2-7-17-34)30-40(29-37)50-46-23-13-11-21-42(46)44-32-36(25-27-48(44)50)35-24-26-47-43(31-35)41-20-10-12-22-45(41)49(47)39-18-8-3-9-19-39;1-3-13-31(14-4-1)35-25-28-44(37-18-8-7-17-36(35)37)48-43-22-12-10-20-39(43)41-30-33(24-27-46(41)48)32-23-26-45-40(29-32)38-19-9-11-21-42(38)47(45)34-15-5-2-6-16-34;1-2-13-30(14-3-1)41-37-18-8-6-16-32(37)34-25-28(21-23-39(34)41)29-22-24-40-35(26-29)33-17-7-9-19-38(33)42(40)36-20-10-12-27-11-4-5-15-31(27)36/h1-32H;1-30H;1-26H. The summed E-state index contributed by atoms with van der Waals surface area (Å²) in [5.41, 5.74) is 36.3. The summed E-state index contributed by atoms with van der Waals surface area (Å²) in [4.78, 5) is 0. The van der Waals surface area contributed by atoms with Gasteiger partial charge in [-0.1, -0.05) is 358 Å². The number of para-hydroxylation sites is 9. The maximum absolute atomic E-state index is 2.45. The second-order valence-corrected chi connectivity index (χ2v) is 36.6. The first-order valence-electron chi connectivity index (χ1n) is 48.2. The fraction of sp³-hybridized carbons (Fsp3) is 0. The van der Waals surface area contributed by atoms with E-state index in [2.05, 4.69) is 561 Å². The molecule has 0 saturated carbocycles. The van der Waals surface area contributed by atoms with Gasteiger partial charge in [0.15, 0.2) is 0 Å². The van der Waals surface area contributed by atoms with Crippen LogP contribution >= 0.6 is 0 Å². The maximum Gasteiger partial charge on any atom is 0.0541 e. The smallest absolute Gasteiger partial charge is 0.0541 e. The van der Waals surface area contributed by atoms with E-state index in [1.165, 1.54) is 248 Å². The van der Waals surface area contributed by atoms with Crippen LogP contribution in [0.1, 0.15) is 0 Å². The molecule has 0 amide bonds. The molecule has 0 aliphatic carbocycles. The highest BCUT2D eigenvalue weighted by Gasteiger charge is 2.24. The highest BCUT2D eigenvalue weighted by atomic mass is 15.0. The molecule has 29 rings (SSSR count). The molecule has 140 heavy (non-hydrogen) atoms. The molecule has 6 heterocycles. The Morgan fingerprint density at radius 1 is 0.100 bits per heavy atom. The molecule has 0 aliphatic heterocycles. The molecule has 0 atom stereocenters. The predicted octanol–water partition coefficient (Wildman–Crippen LogP) is 36.0. The molecule has 0 N–H and O–H groups in total. The van der Waals surface area contributed by atoms with Gasteiger partial charge in [0.05, 0.1) is 77.6 Å². The van der Waals surface area contributed by atoms with Gasteiger partial charge in [-0.2, -0.15) is 0 Å². The van der Waals surface area contributed by atoms with Gasteiger partial charge in [0, 0.05) is 98.2 Å². The monoisotopic (exact) mass is 1780 g/mol. The van der Waals surface area contributed by atoms with Crippen LogP contribution in [0, 0.1) is 0 Å². The SMILES string of the molecule is c1ccc(-c2cc(-c3ccccc3)cc(-n3c4ccccc4c4cc(-c5ccc6c(c5)c5ccccc5n6-c5ccccc5)ccc43)c2)cc1.c1ccc(-c2ccc(-n3c4ccccc4c4cc(-c5ccc6c(c5)c5ccccc5n6-c5ccccc5)ccc43)c3ccccc23)cc1.c1ccc(-n2c3ccccc3c3cc(-c4ccc5c(c4)c4ccccc4n5-c4cccc5ccccc45)ccc32)cc1. The molecule has 6 aromatic heterocycles. The minimum atomic E-state index is 1.15. The van der Waals surface area contributed by atoms with Crippen LogP contribution in [-0.4, -0.2) is 27.4 Å². The predicted molar refractivity (Wildman–Crippen MR) is 593 cm³/mol. The van der Waals surface area contributed by atoms with Gasteiger partial charge in [0.25, 0.3) is 0 Å². The molecule has 6 heteroatoms. The Bertz CT molecular complexity index is 9860. The lowest BCUT2D eigenvalue weighted by molar-refractivity contribution is 1.18. The Hall–Kier alpha value is -18.6. The van der Waals surface area contributed by atoms with E-state index in [1.807, 2.05) is 0 Å². The number of rotatable bonds is 12. The van der Waals surface area contributed by atoms with E-state index < -0.39 is 0 Å². The van der Waals surface area contributed by atoms with Crippen molar-refractivity contribution in [2.45, 2.75) is 0 Å². The van der Waals surface area contributed by atoms with E-state index in [-0.39, 0.29) is 0 Å². The quantitative estimate of drug-likeness (QED) is 0.117. The summed E-state index contributed by atoms with van der Waals surface area (Å²) >= 11 is 0. The van der Waals surface area contributed by atoms with Gasteiger partial charge in [-0.15, -0.1) is 0 Å². The molecule has 23 aromatic carbocycles. The fourth-order valence-electron chi connectivity index (χ4n) is 22.4. The second-order valence-electron chi connectivity index (χ2n) is 36.6. The van der Waals surface area contributed by atoms with Crippen molar-refractivity contribution in [1.82, 2.24) is 27.4 Å². The highest BCUT2D eigenvalue weighted by Crippen LogP contribution is 2.47. The minimum absolute atomic E-state index is 1.15. The van der Waals surface area contributed by atoms with E-state index in [9.17, 15) is 0 Å². The molecular formula is C134H88N6. The van der Waals surface area contributed by atoms with Gasteiger partial charge in [0.2, 0.25) is 0 Å². The lowest BCUT2D eigenvalue weighted by Crippen LogP contribution is -1.96. The summed E-state index contributed by atoms with van der Waals surface area (Å²) in [7, 11) is 0. The number of nitrogens with zero attached hydrogens (tertiary/aromatic N) is 6. The van der Waals surface area contributed by atoms with Crippen LogP contribution in [0.4, 0.5) is 0 Å². The average molecular weight is 1780 g/mol. The third kappa shape index (κ3) is 13.6. The lowest BCUT2D eigenvalue weighted by Gasteiger charge is -2.15. The Morgan fingerprint density at radius 3 is 0.671 bits per heavy atom. The largest absolute Gasteiger partial charge is 0.309 e. The van der Waals surface area contributed by atoms with Crippen molar-refractivity contribution in [3.05, 3.63) is 534 Å². The summed E-state index contributed by atoms with van der Waals surface area (Å²) in [6, 6.07) is 194. The van der Waals surface area contributed by atoms with Crippen molar-refractivity contribution >= 4 is 152 Å². The Balaban J connectivity index is 0.000000106. The molecule has 6 nitrogen and oxygen atoms in total. The number of aromatic nitrogens is 6. The normalized spacial score (nSPS) is 11.7. The summed E-state index contributed by atoms with van der Waals surface area (Å²) < 4.78 is 14.4. The third-order valence-electron chi connectivity index (χ3n) is 28.7. The molecule has 0 unspecified atom stereocenters. The third-order valence-corrected chi connectivity index (χ3v) is 28.7. The van der Waals surface area contributed by atoms with Crippen LogP contribution in [0.2, 0.25) is 0 Å². The highest BCUT2D eigenvalue weighted by molar-refractivity contribution is 6.18. The molecule has 0 saturated heterocycles. The van der Waals surface area contributed by atoms with Crippen molar-refractivity contribution in [2.75, 3.05) is 0 Å². The number of benzene rings is 23. The van der Waals surface area contributed by atoms with Crippen LogP contribution in [-0.2, 0) is 0 Å². The van der Waals surface area contributed by atoms with Crippen molar-refractivity contribution in [2.24, 2.45) is 0 Å². The molecule has 0 fully saturated rings. The zero-order valence-electron chi connectivity index (χ0n) is 76.5. The van der Waals surface area contributed by atoms with E-state index in [1.54, 1.807) is 0 Å². The van der Waals surface area contributed by atoms with Crippen LogP contribution in [0.3, 0.4) is 0 Å². The van der Waals surface area contributed by atoms with Gasteiger partial charge in [-0.25, -0.2) is 0 Å². The average Bonchev–Trinajstić information content (AvgIpc) is 1.58. The minimum Gasteiger partial charge on any atom is -0.309 e. The molecule has 0 aliphatic rings. The van der Waals surface area contributed by atoms with Crippen molar-refractivity contribution in [1.29, 1.82) is 0 Å². The van der Waals surface area contributed by atoms with Crippen LogP contribution in [0.5, 0.6) is 0 Å². The molecule has 0 bridgehead atoms.